The first-order valence-corrected chi connectivity index (χ1v) is 8.93. The van der Waals surface area contributed by atoms with E-state index in [1.165, 1.54) is 0 Å². The van der Waals surface area contributed by atoms with Crippen molar-refractivity contribution >= 4 is 0 Å². The van der Waals surface area contributed by atoms with Crippen LogP contribution in [0.25, 0.3) is 0 Å². The minimum absolute atomic E-state index is 0.202. The second-order valence-corrected chi connectivity index (χ2v) is 6.75. The fourth-order valence-electron chi connectivity index (χ4n) is 2.35. The molecule has 0 aromatic carbocycles. The first-order valence-electron chi connectivity index (χ1n) is 8.93. The van der Waals surface area contributed by atoms with Crippen LogP contribution in [0.4, 0.5) is 0 Å². The molecule has 0 bridgehead atoms. The Morgan fingerprint density at radius 2 is 1.00 bits per heavy atom. The van der Waals surface area contributed by atoms with Gasteiger partial charge in [0.1, 0.15) is 0 Å². The molecule has 2 N–H and O–H groups in total. The highest BCUT2D eigenvalue weighted by atomic mass is 16.3. The van der Waals surface area contributed by atoms with Gasteiger partial charge in [0.25, 0.3) is 0 Å². The summed E-state index contributed by atoms with van der Waals surface area (Å²) in [5.41, 5.74) is -1.79. The normalized spacial score (nSPS) is 16.2. The number of hydrogen-bond acceptors (Lipinski definition) is 6. The van der Waals surface area contributed by atoms with Gasteiger partial charge in [-0.3, -0.25) is 0 Å². The molecular weight excluding hydrogens is 304 g/mol. The number of hydrogen-bond donors (Lipinski definition) is 2. The molecule has 6 heteroatoms. The third kappa shape index (κ3) is 10.3. The molecule has 0 aliphatic rings. The molecule has 2 atom stereocenters. The molecule has 24 heavy (non-hydrogen) atoms. The molecule has 0 radical (unpaired) electrons. The second-order valence-electron chi connectivity index (χ2n) is 6.75. The zero-order valence-corrected chi connectivity index (χ0v) is 15.2. The average Bonchev–Trinajstić information content (AvgIpc) is 2.60. The van der Waals surface area contributed by atoms with Crippen molar-refractivity contribution < 1.29 is 10.2 Å². The van der Waals surface area contributed by atoms with Gasteiger partial charge in [-0.05, 0) is 52.4 Å². The first-order chi connectivity index (χ1) is 11.4. The van der Waals surface area contributed by atoms with Gasteiger partial charge in [0.05, 0.1) is 12.1 Å². The number of rotatable bonds is 14. The van der Waals surface area contributed by atoms with Gasteiger partial charge in [0.15, 0.2) is 11.1 Å². The zero-order valence-electron chi connectivity index (χ0n) is 15.2. The SMILES string of the molecule is CC(C#N)(CCCCCCO)/N=N/C(C)(C#N)CCCCCCO. The molecule has 136 valence electrons. The molecule has 0 rings (SSSR count). The molecule has 0 heterocycles. The van der Waals surface area contributed by atoms with Crippen LogP contribution in [0.1, 0.15) is 78.1 Å². The topological polar surface area (TPSA) is 113 Å². The fraction of sp³-hybridized carbons (Fsp3) is 0.889. The molecule has 0 aliphatic carbocycles. The van der Waals surface area contributed by atoms with Gasteiger partial charge >= 0.3 is 0 Å². The highest BCUT2D eigenvalue weighted by Gasteiger charge is 2.27. The van der Waals surface area contributed by atoms with Crippen molar-refractivity contribution in [2.75, 3.05) is 13.2 Å². The van der Waals surface area contributed by atoms with Gasteiger partial charge in [-0.15, -0.1) is 0 Å². The lowest BCUT2D eigenvalue weighted by atomic mass is 9.95. The molecule has 0 aromatic heterocycles. The summed E-state index contributed by atoms with van der Waals surface area (Å²) in [6.07, 6.45) is 8.29. The minimum atomic E-state index is -0.895. The number of azo groups is 1. The van der Waals surface area contributed by atoms with Crippen LogP contribution in [0, 0.1) is 22.7 Å². The number of unbranched alkanes of at least 4 members (excludes halogenated alkanes) is 6. The largest absolute Gasteiger partial charge is 0.396 e. The van der Waals surface area contributed by atoms with Crippen LogP contribution < -0.4 is 0 Å². The number of nitriles is 2. The van der Waals surface area contributed by atoms with Crippen LogP contribution in [-0.4, -0.2) is 34.5 Å². The third-order valence-electron chi connectivity index (χ3n) is 4.12. The molecule has 0 aliphatic heterocycles. The lowest BCUT2D eigenvalue weighted by Crippen LogP contribution is -2.23. The first kappa shape index (κ1) is 22.5. The molecular formula is C18H32N4O2. The smallest absolute Gasteiger partial charge is 0.164 e. The molecule has 0 spiro atoms. The Balaban J connectivity index is 4.46. The van der Waals surface area contributed by atoms with Gasteiger partial charge < -0.3 is 10.2 Å². The van der Waals surface area contributed by atoms with Crippen LogP contribution in [0.3, 0.4) is 0 Å². The van der Waals surface area contributed by atoms with Crippen LogP contribution in [0.2, 0.25) is 0 Å². The molecule has 0 amide bonds. The molecule has 0 saturated heterocycles. The Labute approximate surface area is 146 Å². The Kier molecular flexibility index (Phi) is 12.1. The summed E-state index contributed by atoms with van der Waals surface area (Å²) in [5.74, 6) is 0. The maximum atomic E-state index is 9.38. The summed E-state index contributed by atoms with van der Waals surface area (Å²) in [4.78, 5) is 0. The van der Waals surface area contributed by atoms with Crippen LogP contribution >= 0.6 is 0 Å². The van der Waals surface area contributed by atoms with Crippen molar-refractivity contribution in [1.29, 1.82) is 10.5 Å². The Morgan fingerprint density at radius 1 is 0.667 bits per heavy atom. The summed E-state index contributed by atoms with van der Waals surface area (Å²) in [6, 6.07) is 4.41. The summed E-state index contributed by atoms with van der Waals surface area (Å²) in [6.45, 7) is 3.91. The molecule has 6 nitrogen and oxygen atoms in total. The van der Waals surface area contributed by atoms with Crippen molar-refractivity contribution in [3.8, 4) is 12.1 Å². The van der Waals surface area contributed by atoms with E-state index >= 15 is 0 Å². The molecule has 2 unspecified atom stereocenters. The summed E-state index contributed by atoms with van der Waals surface area (Å²) < 4.78 is 0. The van der Waals surface area contributed by atoms with Gasteiger partial charge in [-0.2, -0.15) is 20.8 Å². The lowest BCUT2D eigenvalue weighted by molar-refractivity contribution is 0.281. The molecule has 0 saturated carbocycles. The van der Waals surface area contributed by atoms with Crippen molar-refractivity contribution in [1.82, 2.24) is 0 Å². The maximum Gasteiger partial charge on any atom is 0.164 e. The van der Waals surface area contributed by atoms with Gasteiger partial charge in [0, 0.05) is 13.2 Å². The maximum absolute atomic E-state index is 9.38. The fourth-order valence-corrected chi connectivity index (χ4v) is 2.35. The third-order valence-corrected chi connectivity index (χ3v) is 4.12. The predicted octanol–water partition coefficient (Wildman–Crippen LogP) is 3.89. The molecule has 0 aromatic rings. The summed E-state index contributed by atoms with van der Waals surface area (Å²) in [5, 5.41) is 44.7. The van der Waals surface area contributed by atoms with Gasteiger partial charge in [-0.1, -0.05) is 25.7 Å². The van der Waals surface area contributed by atoms with E-state index in [0.29, 0.717) is 12.8 Å². The number of aliphatic hydroxyl groups excluding tert-OH is 2. The Bertz CT molecular complexity index is 401. The van der Waals surface area contributed by atoms with E-state index in [1.807, 2.05) is 0 Å². The minimum Gasteiger partial charge on any atom is -0.396 e. The van der Waals surface area contributed by atoms with Gasteiger partial charge in [0.2, 0.25) is 0 Å². The standard InChI is InChI=1S/C18H32N4O2/c1-17(15-19,11-7-3-5-9-13-23)21-22-18(2,16-20)12-8-4-6-10-14-24/h23-24H,3-14H2,1-2H3/b22-21+. The zero-order chi connectivity index (χ0) is 18.3. The predicted molar refractivity (Wildman–Crippen MR) is 93.2 cm³/mol. The van der Waals surface area contributed by atoms with E-state index in [1.54, 1.807) is 13.8 Å². The van der Waals surface area contributed by atoms with E-state index < -0.39 is 11.1 Å². The van der Waals surface area contributed by atoms with Crippen molar-refractivity contribution in [3.05, 3.63) is 0 Å². The Morgan fingerprint density at radius 3 is 1.29 bits per heavy atom. The van der Waals surface area contributed by atoms with E-state index in [0.717, 1.165) is 51.4 Å². The Hall–Kier alpha value is -1.50. The highest BCUT2D eigenvalue weighted by molar-refractivity contribution is 5.07. The summed E-state index contributed by atoms with van der Waals surface area (Å²) >= 11 is 0. The van der Waals surface area contributed by atoms with E-state index in [-0.39, 0.29) is 13.2 Å². The van der Waals surface area contributed by atoms with Crippen LogP contribution in [0.5, 0.6) is 0 Å². The van der Waals surface area contributed by atoms with E-state index in [9.17, 15) is 10.5 Å². The van der Waals surface area contributed by atoms with E-state index in [4.69, 9.17) is 10.2 Å². The van der Waals surface area contributed by atoms with E-state index in [2.05, 4.69) is 22.4 Å². The second kappa shape index (κ2) is 12.9. The summed E-state index contributed by atoms with van der Waals surface area (Å²) in [7, 11) is 0. The quantitative estimate of drug-likeness (QED) is 0.370. The van der Waals surface area contributed by atoms with Gasteiger partial charge in [-0.25, -0.2) is 0 Å². The highest BCUT2D eigenvalue weighted by Crippen LogP contribution is 2.25. The van der Waals surface area contributed by atoms with Crippen molar-refractivity contribution in [2.45, 2.75) is 89.1 Å². The number of nitrogens with zero attached hydrogens (tertiary/aromatic N) is 4. The van der Waals surface area contributed by atoms with Crippen LogP contribution in [0.15, 0.2) is 10.2 Å². The lowest BCUT2D eigenvalue weighted by Gasteiger charge is -2.19. The van der Waals surface area contributed by atoms with Crippen LogP contribution in [-0.2, 0) is 0 Å². The van der Waals surface area contributed by atoms with Crippen molar-refractivity contribution in [2.24, 2.45) is 10.2 Å². The monoisotopic (exact) mass is 336 g/mol. The number of aliphatic hydroxyl groups is 2. The average molecular weight is 336 g/mol. The molecule has 0 fully saturated rings. The van der Waals surface area contributed by atoms with Crippen molar-refractivity contribution in [3.63, 3.8) is 0 Å².